The molecule has 1 aliphatic rings. The predicted octanol–water partition coefficient (Wildman–Crippen LogP) is 4.52. The molecular formula is C25H23ClN6O. The Bertz CT molecular complexity index is 1460. The Kier molecular flexibility index (Phi) is 5.39. The van der Waals surface area contributed by atoms with Gasteiger partial charge in [-0.1, -0.05) is 23.7 Å². The zero-order chi connectivity index (χ0) is 23.1. The molecule has 4 aromatic rings. The highest BCUT2D eigenvalue weighted by Gasteiger charge is 2.22. The van der Waals surface area contributed by atoms with Crippen LogP contribution in [-0.2, 0) is 14.1 Å². The standard InChI is InChI=1S/C25H23ClN6O/c1-30-23-24(31(2)25(30)33)29-21(15-28-23)19-12-17(16-6-8-18(26)9-7-16)13-22(20(19)14-27)32-10-4-3-5-11-32/h6-9,12-13,15H,3-5,10-11H2,1-2H3. The van der Waals surface area contributed by atoms with E-state index >= 15 is 0 Å². The number of hydrogen-bond donors (Lipinski definition) is 0. The summed E-state index contributed by atoms with van der Waals surface area (Å²) in [7, 11) is 3.35. The van der Waals surface area contributed by atoms with E-state index in [9.17, 15) is 10.1 Å². The van der Waals surface area contributed by atoms with E-state index < -0.39 is 0 Å². The van der Waals surface area contributed by atoms with Crippen molar-refractivity contribution in [2.45, 2.75) is 19.3 Å². The highest BCUT2D eigenvalue weighted by Crippen LogP contribution is 2.37. The minimum atomic E-state index is -0.188. The fourth-order valence-electron chi connectivity index (χ4n) is 4.51. The maximum Gasteiger partial charge on any atom is 0.330 e. The molecule has 2 aromatic heterocycles. The van der Waals surface area contributed by atoms with Crippen LogP contribution in [0.3, 0.4) is 0 Å². The molecule has 166 valence electrons. The first-order chi connectivity index (χ1) is 16.0. The van der Waals surface area contributed by atoms with Crippen molar-refractivity contribution in [3.8, 4) is 28.5 Å². The number of fused-ring (bicyclic) bond motifs is 1. The fourth-order valence-corrected chi connectivity index (χ4v) is 4.64. The largest absolute Gasteiger partial charge is 0.370 e. The lowest BCUT2D eigenvalue weighted by Crippen LogP contribution is -2.30. The number of hydrogen-bond acceptors (Lipinski definition) is 5. The van der Waals surface area contributed by atoms with Crippen molar-refractivity contribution in [2.24, 2.45) is 14.1 Å². The molecular weight excluding hydrogens is 436 g/mol. The van der Waals surface area contributed by atoms with Crippen molar-refractivity contribution >= 4 is 28.6 Å². The van der Waals surface area contributed by atoms with Crippen LogP contribution in [0.1, 0.15) is 24.8 Å². The second-order valence-electron chi connectivity index (χ2n) is 8.39. The second-order valence-corrected chi connectivity index (χ2v) is 8.82. The molecule has 0 spiro atoms. The molecule has 33 heavy (non-hydrogen) atoms. The molecule has 0 radical (unpaired) electrons. The Morgan fingerprint density at radius 2 is 1.67 bits per heavy atom. The Morgan fingerprint density at radius 1 is 0.970 bits per heavy atom. The molecule has 2 aromatic carbocycles. The molecule has 0 saturated carbocycles. The molecule has 3 heterocycles. The number of halogens is 1. The van der Waals surface area contributed by atoms with Gasteiger partial charge in [0.1, 0.15) is 6.07 Å². The Hall–Kier alpha value is -3.63. The maximum absolute atomic E-state index is 12.4. The van der Waals surface area contributed by atoms with E-state index in [2.05, 4.69) is 22.0 Å². The molecule has 1 aliphatic heterocycles. The summed E-state index contributed by atoms with van der Waals surface area (Å²) in [5, 5.41) is 10.9. The SMILES string of the molecule is Cn1c(=O)n(C)c2nc(-c3cc(-c4ccc(Cl)cc4)cc(N4CCCCC4)c3C#N)cnc21. The summed E-state index contributed by atoms with van der Waals surface area (Å²) >= 11 is 6.11. The van der Waals surface area contributed by atoms with E-state index in [1.807, 2.05) is 30.3 Å². The van der Waals surface area contributed by atoms with E-state index in [4.69, 9.17) is 16.6 Å². The first-order valence-corrected chi connectivity index (χ1v) is 11.3. The number of anilines is 1. The quantitative estimate of drug-likeness (QED) is 0.451. The number of benzene rings is 2. The van der Waals surface area contributed by atoms with Crippen LogP contribution >= 0.6 is 11.6 Å². The average molecular weight is 459 g/mol. The van der Waals surface area contributed by atoms with Crippen molar-refractivity contribution in [3.63, 3.8) is 0 Å². The molecule has 7 nitrogen and oxygen atoms in total. The van der Waals surface area contributed by atoms with Crippen LogP contribution in [0.2, 0.25) is 5.02 Å². The summed E-state index contributed by atoms with van der Waals surface area (Å²) in [6.07, 6.45) is 5.04. The molecule has 0 aliphatic carbocycles. The van der Waals surface area contributed by atoms with Crippen molar-refractivity contribution < 1.29 is 0 Å². The van der Waals surface area contributed by atoms with Gasteiger partial charge in [-0.25, -0.2) is 14.8 Å². The Labute approximate surface area is 196 Å². The second kappa shape index (κ2) is 8.38. The summed E-state index contributed by atoms with van der Waals surface area (Å²) in [5.41, 5.74) is 5.54. The number of imidazole rings is 1. The number of nitrogens with zero attached hydrogens (tertiary/aromatic N) is 6. The molecule has 5 rings (SSSR count). The predicted molar refractivity (Wildman–Crippen MR) is 130 cm³/mol. The van der Waals surface area contributed by atoms with Crippen LogP contribution in [0, 0.1) is 11.3 Å². The van der Waals surface area contributed by atoms with Gasteiger partial charge in [0.15, 0.2) is 11.3 Å². The van der Waals surface area contributed by atoms with Gasteiger partial charge in [-0.05, 0) is 54.7 Å². The normalized spacial score (nSPS) is 13.9. The summed E-state index contributed by atoms with van der Waals surface area (Å²) < 4.78 is 2.95. The van der Waals surface area contributed by atoms with Crippen LogP contribution in [0.4, 0.5) is 5.69 Å². The van der Waals surface area contributed by atoms with Crippen LogP contribution in [0.5, 0.6) is 0 Å². The fraction of sp³-hybridized carbons (Fsp3) is 0.280. The van der Waals surface area contributed by atoms with Gasteiger partial charge in [0.05, 0.1) is 23.1 Å². The number of aryl methyl sites for hydroxylation is 2. The Balaban J connectivity index is 1.76. The third-order valence-electron chi connectivity index (χ3n) is 6.32. The lowest BCUT2D eigenvalue weighted by atomic mass is 9.94. The minimum absolute atomic E-state index is 0.188. The van der Waals surface area contributed by atoms with Crippen LogP contribution in [0.15, 0.2) is 47.4 Å². The summed E-state index contributed by atoms with van der Waals surface area (Å²) in [5.74, 6) is 0. The van der Waals surface area contributed by atoms with Gasteiger partial charge < -0.3 is 4.90 Å². The van der Waals surface area contributed by atoms with Crippen LogP contribution in [-0.4, -0.2) is 32.2 Å². The van der Waals surface area contributed by atoms with Crippen molar-refractivity contribution in [3.05, 3.63) is 63.7 Å². The molecule has 1 saturated heterocycles. The summed E-state index contributed by atoms with van der Waals surface area (Å²) in [6.45, 7) is 1.83. The van der Waals surface area contributed by atoms with E-state index in [-0.39, 0.29) is 5.69 Å². The summed E-state index contributed by atoms with van der Waals surface area (Å²) in [6, 6.07) is 14.2. The van der Waals surface area contributed by atoms with Crippen LogP contribution in [0.25, 0.3) is 33.7 Å². The molecule has 8 heteroatoms. The zero-order valence-electron chi connectivity index (χ0n) is 18.5. The van der Waals surface area contributed by atoms with E-state index in [1.165, 1.54) is 15.6 Å². The van der Waals surface area contributed by atoms with Gasteiger partial charge in [0, 0.05) is 37.8 Å². The number of rotatable bonds is 3. The third-order valence-corrected chi connectivity index (χ3v) is 6.58. The van der Waals surface area contributed by atoms with Gasteiger partial charge in [0.2, 0.25) is 0 Å². The van der Waals surface area contributed by atoms with Gasteiger partial charge in [0.25, 0.3) is 0 Å². The van der Waals surface area contributed by atoms with Crippen molar-refractivity contribution in [1.82, 2.24) is 19.1 Å². The summed E-state index contributed by atoms with van der Waals surface area (Å²) in [4.78, 5) is 23.9. The lowest BCUT2D eigenvalue weighted by Gasteiger charge is -2.30. The monoisotopic (exact) mass is 458 g/mol. The minimum Gasteiger partial charge on any atom is -0.370 e. The molecule has 0 N–H and O–H groups in total. The zero-order valence-corrected chi connectivity index (χ0v) is 19.3. The average Bonchev–Trinajstić information content (AvgIpc) is 3.07. The van der Waals surface area contributed by atoms with Gasteiger partial charge in [-0.3, -0.25) is 9.13 Å². The van der Waals surface area contributed by atoms with Gasteiger partial charge >= 0.3 is 5.69 Å². The highest BCUT2D eigenvalue weighted by atomic mass is 35.5. The van der Waals surface area contributed by atoms with Gasteiger partial charge in [-0.15, -0.1) is 0 Å². The number of piperidine rings is 1. The molecule has 0 amide bonds. The van der Waals surface area contributed by atoms with E-state index in [0.29, 0.717) is 33.1 Å². The number of nitriles is 1. The van der Waals surface area contributed by atoms with Gasteiger partial charge in [-0.2, -0.15) is 5.26 Å². The van der Waals surface area contributed by atoms with E-state index in [1.54, 1.807) is 20.3 Å². The Morgan fingerprint density at radius 3 is 2.36 bits per heavy atom. The van der Waals surface area contributed by atoms with Crippen molar-refractivity contribution in [1.29, 1.82) is 5.26 Å². The third kappa shape index (κ3) is 3.66. The smallest absolute Gasteiger partial charge is 0.330 e. The first kappa shape index (κ1) is 21.2. The maximum atomic E-state index is 12.4. The highest BCUT2D eigenvalue weighted by molar-refractivity contribution is 6.30. The van der Waals surface area contributed by atoms with Crippen LogP contribution < -0.4 is 10.6 Å². The van der Waals surface area contributed by atoms with E-state index in [0.717, 1.165) is 42.7 Å². The molecule has 0 bridgehead atoms. The lowest BCUT2D eigenvalue weighted by molar-refractivity contribution is 0.577. The first-order valence-electron chi connectivity index (χ1n) is 11.0. The molecule has 0 unspecified atom stereocenters. The van der Waals surface area contributed by atoms with Crippen molar-refractivity contribution in [2.75, 3.05) is 18.0 Å². The number of aromatic nitrogens is 4. The molecule has 0 atom stereocenters. The topological polar surface area (TPSA) is 79.7 Å². The molecule has 1 fully saturated rings.